The Balaban J connectivity index is 1.86. The molecule has 0 spiro atoms. The molecule has 0 atom stereocenters. The first-order valence-corrected chi connectivity index (χ1v) is 6.99. The van der Waals surface area contributed by atoms with Crippen molar-refractivity contribution in [1.82, 2.24) is 4.98 Å². The van der Waals surface area contributed by atoms with Gasteiger partial charge in [-0.1, -0.05) is 0 Å². The fraction of sp³-hybridized carbons (Fsp3) is 0.583. The highest BCUT2D eigenvalue weighted by atomic mass is 32.1. The van der Waals surface area contributed by atoms with Crippen LogP contribution in [0.3, 0.4) is 0 Å². The maximum absolute atomic E-state index is 11.8. The minimum absolute atomic E-state index is 0.0111. The van der Waals surface area contributed by atoms with Crippen LogP contribution in [0.25, 0.3) is 0 Å². The number of rotatable bonds is 4. The smallest absolute Gasteiger partial charge is 0.338 e. The van der Waals surface area contributed by atoms with Gasteiger partial charge < -0.3 is 15.2 Å². The first-order valence-electron chi connectivity index (χ1n) is 6.11. The molecular formula is C12H16N2O4S. The number of thiazole rings is 1. The third-order valence-corrected chi connectivity index (χ3v) is 3.80. The highest BCUT2D eigenvalue weighted by molar-refractivity contribution is 7.13. The molecule has 1 amide bonds. The van der Waals surface area contributed by atoms with Gasteiger partial charge in [-0.05, 0) is 25.7 Å². The van der Waals surface area contributed by atoms with Crippen LogP contribution >= 0.6 is 11.3 Å². The topological polar surface area (TPSA) is 88.5 Å². The fourth-order valence-electron chi connectivity index (χ4n) is 2.02. The fourth-order valence-corrected chi connectivity index (χ4v) is 2.76. The average Bonchev–Trinajstić information content (AvgIpc) is 2.95. The van der Waals surface area contributed by atoms with Crippen molar-refractivity contribution in [2.75, 3.05) is 5.32 Å². The maximum atomic E-state index is 11.8. The lowest BCUT2D eigenvalue weighted by Crippen LogP contribution is -2.36. The zero-order valence-corrected chi connectivity index (χ0v) is 11.5. The summed E-state index contributed by atoms with van der Waals surface area (Å²) < 4.78 is 5.08. The molecule has 104 valence electrons. The van der Waals surface area contributed by atoms with E-state index in [1.807, 2.05) is 0 Å². The molecule has 1 saturated carbocycles. The Morgan fingerprint density at radius 1 is 1.53 bits per heavy atom. The van der Waals surface area contributed by atoms with E-state index in [1.54, 1.807) is 5.38 Å². The largest absolute Gasteiger partial charge is 0.457 e. The molecule has 1 aliphatic carbocycles. The van der Waals surface area contributed by atoms with Crippen LogP contribution < -0.4 is 5.32 Å². The number of hydrogen-bond acceptors (Lipinski definition) is 6. The van der Waals surface area contributed by atoms with E-state index in [-0.39, 0.29) is 12.5 Å². The van der Waals surface area contributed by atoms with Gasteiger partial charge in [-0.25, -0.2) is 9.78 Å². The number of carbonyl (C=O) groups is 2. The van der Waals surface area contributed by atoms with E-state index in [0.717, 1.165) is 12.8 Å². The molecule has 0 unspecified atom stereocenters. The highest BCUT2D eigenvalue weighted by Gasteiger charge is 2.40. The third kappa shape index (κ3) is 3.51. The lowest BCUT2D eigenvalue weighted by Gasteiger charge is -2.19. The molecule has 1 fully saturated rings. The van der Waals surface area contributed by atoms with Crippen LogP contribution in [0.1, 0.15) is 38.3 Å². The Morgan fingerprint density at radius 2 is 2.21 bits per heavy atom. The van der Waals surface area contributed by atoms with Crippen molar-refractivity contribution in [1.29, 1.82) is 0 Å². The van der Waals surface area contributed by atoms with Gasteiger partial charge in [-0.2, -0.15) is 0 Å². The number of aliphatic hydroxyl groups is 1. The van der Waals surface area contributed by atoms with Gasteiger partial charge in [-0.3, -0.25) is 4.79 Å². The quantitative estimate of drug-likeness (QED) is 0.817. The number of nitrogens with zero attached hydrogens (tertiary/aromatic N) is 1. The monoisotopic (exact) mass is 284 g/mol. The minimum atomic E-state index is -1.32. The van der Waals surface area contributed by atoms with Crippen LogP contribution in [-0.2, 0) is 20.9 Å². The Morgan fingerprint density at radius 3 is 2.84 bits per heavy atom. The summed E-state index contributed by atoms with van der Waals surface area (Å²) in [5.74, 6) is -0.780. The first kappa shape index (κ1) is 14.0. The molecule has 0 aliphatic heterocycles. The number of carbonyl (C=O) groups excluding carboxylic acids is 2. The molecule has 6 nitrogen and oxygen atoms in total. The molecule has 0 bridgehead atoms. The van der Waals surface area contributed by atoms with Crippen molar-refractivity contribution in [2.45, 2.75) is 44.8 Å². The molecule has 0 aromatic carbocycles. The summed E-state index contributed by atoms with van der Waals surface area (Å²) >= 11 is 1.26. The number of ether oxygens (including phenoxy) is 1. The molecule has 1 aliphatic rings. The van der Waals surface area contributed by atoms with E-state index < -0.39 is 11.6 Å². The van der Waals surface area contributed by atoms with E-state index in [1.165, 1.54) is 18.3 Å². The maximum Gasteiger partial charge on any atom is 0.338 e. The van der Waals surface area contributed by atoms with Gasteiger partial charge in [0.25, 0.3) is 0 Å². The van der Waals surface area contributed by atoms with Crippen molar-refractivity contribution >= 4 is 28.3 Å². The molecule has 1 aromatic rings. The van der Waals surface area contributed by atoms with Crippen LogP contribution in [0, 0.1) is 0 Å². The number of amides is 1. The summed E-state index contributed by atoms with van der Waals surface area (Å²) in [5, 5.41) is 14.7. The third-order valence-electron chi connectivity index (χ3n) is 3.00. The van der Waals surface area contributed by atoms with Gasteiger partial charge in [0, 0.05) is 12.3 Å². The molecule has 7 heteroatoms. The summed E-state index contributed by atoms with van der Waals surface area (Å²) in [6.07, 6.45) is 2.60. The van der Waals surface area contributed by atoms with Crippen LogP contribution in [0.5, 0.6) is 0 Å². The molecule has 1 aromatic heterocycles. The van der Waals surface area contributed by atoms with Crippen molar-refractivity contribution in [2.24, 2.45) is 0 Å². The standard InChI is InChI=1S/C12H16N2O4S/c1-8(15)13-11-14-9(7-19-11)6-18-10(16)12(17)4-2-3-5-12/h7,17H,2-6H2,1H3,(H,13,14,15). The zero-order valence-electron chi connectivity index (χ0n) is 10.6. The van der Waals surface area contributed by atoms with Crippen LogP contribution in [0.15, 0.2) is 5.38 Å². The van der Waals surface area contributed by atoms with Crippen LogP contribution in [-0.4, -0.2) is 27.6 Å². The molecule has 2 rings (SSSR count). The second-order valence-electron chi connectivity index (χ2n) is 4.64. The molecule has 1 heterocycles. The van der Waals surface area contributed by atoms with E-state index in [2.05, 4.69) is 10.3 Å². The number of aromatic nitrogens is 1. The Labute approximate surface area is 114 Å². The second kappa shape index (κ2) is 5.66. The van der Waals surface area contributed by atoms with Crippen LogP contribution in [0.4, 0.5) is 5.13 Å². The summed E-state index contributed by atoms with van der Waals surface area (Å²) in [4.78, 5) is 26.7. The Hall–Kier alpha value is -1.47. The van der Waals surface area contributed by atoms with Gasteiger partial charge in [0.2, 0.25) is 5.91 Å². The normalized spacial score (nSPS) is 17.2. The number of esters is 1. The predicted octanol–water partition coefficient (Wildman–Crippen LogP) is 1.45. The SMILES string of the molecule is CC(=O)Nc1nc(COC(=O)C2(O)CCCC2)cs1. The number of anilines is 1. The summed E-state index contributed by atoms with van der Waals surface area (Å²) in [6, 6.07) is 0. The van der Waals surface area contributed by atoms with Gasteiger partial charge in [0.05, 0.1) is 5.69 Å². The van der Waals surface area contributed by atoms with Crippen molar-refractivity contribution in [3.63, 3.8) is 0 Å². The molecular weight excluding hydrogens is 268 g/mol. The average molecular weight is 284 g/mol. The first-order chi connectivity index (χ1) is 8.99. The van der Waals surface area contributed by atoms with Crippen molar-refractivity contribution in [3.05, 3.63) is 11.1 Å². The van der Waals surface area contributed by atoms with Gasteiger partial charge in [-0.15, -0.1) is 11.3 Å². The second-order valence-corrected chi connectivity index (χ2v) is 5.50. The molecule has 0 saturated heterocycles. The van der Waals surface area contributed by atoms with Gasteiger partial charge >= 0.3 is 5.97 Å². The van der Waals surface area contributed by atoms with Gasteiger partial charge in [0.15, 0.2) is 10.7 Å². The lowest BCUT2D eigenvalue weighted by atomic mass is 10.0. The summed E-state index contributed by atoms with van der Waals surface area (Å²) in [5.41, 5.74) is -0.764. The number of hydrogen-bond donors (Lipinski definition) is 2. The van der Waals surface area contributed by atoms with Crippen LogP contribution in [0.2, 0.25) is 0 Å². The Kier molecular flexibility index (Phi) is 4.16. The Bertz CT molecular complexity index is 480. The van der Waals surface area contributed by atoms with Crippen molar-refractivity contribution < 1.29 is 19.4 Å². The predicted molar refractivity (Wildman–Crippen MR) is 69.6 cm³/mol. The summed E-state index contributed by atoms with van der Waals surface area (Å²) in [7, 11) is 0. The zero-order chi connectivity index (χ0) is 13.9. The molecule has 0 radical (unpaired) electrons. The van der Waals surface area contributed by atoms with E-state index in [9.17, 15) is 14.7 Å². The van der Waals surface area contributed by atoms with Gasteiger partial charge in [0.1, 0.15) is 6.61 Å². The van der Waals surface area contributed by atoms with Crippen molar-refractivity contribution in [3.8, 4) is 0 Å². The van der Waals surface area contributed by atoms with E-state index >= 15 is 0 Å². The minimum Gasteiger partial charge on any atom is -0.457 e. The highest BCUT2D eigenvalue weighted by Crippen LogP contribution is 2.30. The number of nitrogens with one attached hydrogen (secondary N) is 1. The molecule has 19 heavy (non-hydrogen) atoms. The summed E-state index contributed by atoms with van der Waals surface area (Å²) in [6.45, 7) is 1.41. The molecule has 2 N–H and O–H groups in total. The van der Waals surface area contributed by atoms with E-state index in [0.29, 0.717) is 23.7 Å². The van der Waals surface area contributed by atoms with E-state index in [4.69, 9.17) is 4.74 Å². The lowest BCUT2D eigenvalue weighted by molar-refractivity contribution is -0.166.